The molecule has 3 aromatic carbocycles. The number of nitrogens with zero attached hydrogens (tertiary/aromatic N) is 2. The first kappa shape index (κ1) is 22.3. The second-order valence-electron chi connectivity index (χ2n) is 9.10. The Morgan fingerprint density at radius 3 is 1.82 bits per heavy atom. The zero-order valence-electron chi connectivity index (χ0n) is 19.1. The summed E-state index contributed by atoms with van der Waals surface area (Å²) >= 11 is 0. The standard InChI is InChI=1S/C28H27N3O2/c1-28(2,3)25(32)17-24(27(33)29-18-19-11-5-4-6-12-19)30-31-26-22-15-9-7-13-20(22)21-14-8-10-16-23(21)26/h4-16H,17-18H2,1-3H3,(H,29,33). The van der Waals surface area contributed by atoms with Crippen LogP contribution in [0.2, 0.25) is 0 Å². The Kier molecular flexibility index (Phi) is 6.31. The van der Waals surface area contributed by atoms with Crippen molar-refractivity contribution in [3.8, 4) is 11.1 Å². The van der Waals surface area contributed by atoms with Gasteiger partial charge in [0.1, 0.15) is 17.2 Å². The van der Waals surface area contributed by atoms with Crippen molar-refractivity contribution in [2.45, 2.75) is 33.7 Å². The molecule has 1 aliphatic carbocycles. The fourth-order valence-electron chi connectivity index (χ4n) is 3.67. The third kappa shape index (κ3) is 4.98. The van der Waals surface area contributed by atoms with E-state index in [1.54, 1.807) is 0 Å². The van der Waals surface area contributed by atoms with Crippen LogP contribution in [0.15, 0.2) is 89.1 Å². The van der Waals surface area contributed by atoms with Gasteiger partial charge in [-0.2, -0.15) is 0 Å². The maximum absolute atomic E-state index is 13.0. The molecule has 3 aromatic rings. The van der Waals surface area contributed by atoms with Gasteiger partial charge >= 0.3 is 0 Å². The predicted octanol–water partition coefficient (Wildman–Crippen LogP) is 5.18. The number of ketones is 1. The minimum Gasteiger partial charge on any atom is -0.347 e. The number of Topliss-reactive ketones (excluding diaryl/α,β-unsaturated/α-hetero) is 1. The highest BCUT2D eigenvalue weighted by Crippen LogP contribution is 2.36. The van der Waals surface area contributed by atoms with E-state index in [4.69, 9.17) is 0 Å². The van der Waals surface area contributed by atoms with Crippen LogP contribution >= 0.6 is 0 Å². The Hall–Kier alpha value is -3.86. The Morgan fingerprint density at radius 1 is 0.758 bits per heavy atom. The van der Waals surface area contributed by atoms with Gasteiger partial charge in [-0.15, -0.1) is 10.2 Å². The molecular formula is C28H27N3O2. The molecule has 166 valence electrons. The molecule has 1 amide bonds. The lowest BCUT2D eigenvalue weighted by molar-refractivity contribution is -0.125. The molecule has 0 aromatic heterocycles. The molecule has 0 unspecified atom stereocenters. The molecule has 0 saturated carbocycles. The highest BCUT2D eigenvalue weighted by molar-refractivity contribution is 6.42. The summed E-state index contributed by atoms with van der Waals surface area (Å²) in [5.74, 6) is -0.455. The SMILES string of the molecule is CC(C)(C)C(=O)CC(=NN=C1c2ccccc2-c2ccccc21)C(=O)NCc1ccccc1. The van der Waals surface area contributed by atoms with E-state index in [0.29, 0.717) is 12.3 Å². The molecule has 33 heavy (non-hydrogen) atoms. The van der Waals surface area contributed by atoms with E-state index in [0.717, 1.165) is 27.8 Å². The number of rotatable bonds is 6. The summed E-state index contributed by atoms with van der Waals surface area (Å²) in [7, 11) is 0. The largest absolute Gasteiger partial charge is 0.347 e. The van der Waals surface area contributed by atoms with E-state index in [1.165, 1.54) is 0 Å². The van der Waals surface area contributed by atoms with Crippen molar-refractivity contribution in [2.24, 2.45) is 15.6 Å². The van der Waals surface area contributed by atoms with Crippen molar-refractivity contribution in [1.82, 2.24) is 5.32 Å². The monoisotopic (exact) mass is 437 g/mol. The van der Waals surface area contributed by atoms with Crippen LogP contribution < -0.4 is 5.32 Å². The summed E-state index contributed by atoms with van der Waals surface area (Å²) in [5.41, 5.74) is 5.31. The van der Waals surface area contributed by atoms with Crippen LogP contribution in [0.4, 0.5) is 0 Å². The van der Waals surface area contributed by atoms with E-state index in [-0.39, 0.29) is 23.8 Å². The normalized spacial score (nSPS) is 12.7. The van der Waals surface area contributed by atoms with Gasteiger partial charge in [-0.1, -0.05) is 99.6 Å². The zero-order chi connectivity index (χ0) is 23.4. The van der Waals surface area contributed by atoms with Gasteiger partial charge in [0.15, 0.2) is 0 Å². The van der Waals surface area contributed by atoms with E-state index in [9.17, 15) is 9.59 Å². The number of fused-ring (bicyclic) bond motifs is 3. The van der Waals surface area contributed by atoms with Crippen molar-refractivity contribution in [3.63, 3.8) is 0 Å². The Labute approximate surface area is 194 Å². The minimum atomic E-state index is -0.583. The summed E-state index contributed by atoms with van der Waals surface area (Å²) in [4.78, 5) is 25.7. The molecule has 1 N–H and O–H groups in total. The Balaban J connectivity index is 1.68. The maximum atomic E-state index is 13.0. The van der Waals surface area contributed by atoms with E-state index in [2.05, 4.69) is 27.7 Å². The zero-order valence-corrected chi connectivity index (χ0v) is 19.1. The number of carbonyl (C=O) groups excluding carboxylic acids is 2. The van der Waals surface area contributed by atoms with Crippen LogP contribution in [0, 0.1) is 5.41 Å². The number of benzene rings is 3. The van der Waals surface area contributed by atoms with Crippen molar-refractivity contribution < 1.29 is 9.59 Å². The molecule has 0 aliphatic heterocycles. The summed E-state index contributed by atoms with van der Waals surface area (Å²) in [6.45, 7) is 5.86. The summed E-state index contributed by atoms with van der Waals surface area (Å²) in [6.07, 6.45) is -0.0792. The number of nitrogens with one attached hydrogen (secondary N) is 1. The van der Waals surface area contributed by atoms with Crippen LogP contribution in [-0.4, -0.2) is 23.1 Å². The van der Waals surface area contributed by atoms with Gasteiger partial charge < -0.3 is 5.32 Å². The number of hydrogen-bond donors (Lipinski definition) is 1. The van der Waals surface area contributed by atoms with E-state index < -0.39 is 5.41 Å². The second kappa shape index (κ2) is 9.33. The molecule has 0 atom stereocenters. The molecule has 4 rings (SSSR count). The Bertz CT molecular complexity index is 1200. The van der Waals surface area contributed by atoms with E-state index in [1.807, 2.05) is 87.5 Å². The molecule has 0 bridgehead atoms. The lowest BCUT2D eigenvalue weighted by atomic mass is 9.87. The molecule has 0 fully saturated rings. The Morgan fingerprint density at radius 2 is 1.27 bits per heavy atom. The first-order valence-corrected chi connectivity index (χ1v) is 11.0. The van der Waals surface area contributed by atoms with Gasteiger partial charge in [-0.05, 0) is 16.7 Å². The predicted molar refractivity (Wildman–Crippen MR) is 132 cm³/mol. The quantitative estimate of drug-likeness (QED) is 0.333. The summed E-state index contributed by atoms with van der Waals surface area (Å²) in [5, 5.41) is 11.7. The average molecular weight is 438 g/mol. The molecule has 5 heteroatoms. The van der Waals surface area contributed by atoms with Crippen LogP contribution in [0.5, 0.6) is 0 Å². The highest BCUT2D eigenvalue weighted by atomic mass is 16.2. The van der Waals surface area contributed by atoms with Gasteiger partial charge in [0.2, 0.25) is 0 Å². The van der Waals surface area contributed by atoms with Crippen LogP contribution in [0.1, 0.15) is 43.9 Å². The second-order valence-corrected chi connectivity index (χ2v) is 9.10. The number of amides is 1. The number of hydrogen-bond acceptors (Lipinski definition) is 4. The summed E-state index contributed by atoms with van der Waals surface area (Å²) in [6, 6.07) is 25.6. The first-order valence-electron chi connectivity index (χ1n) is 11.0. The van der Waals surface area contributed by atoms with Crippen LogP contribution in [0.3, 0.4) is 0 Å². The van der Waals surface area contributed by atoms with Gasteiger partial charge in [0.25, 0.3) is 5.91 Å². The smallest absolute Gasteiger partial charge is 0.268 e. The average Bonchev–Trinajstić information content (AvgIpc) is 3.14. The van der Waals surface area contributed by atoms with Crippen LogP contribution in [0.25, 0.3) is 11.1 Å². The fraction of sp³-hybridized carbons (Fsp3) is 0.214. The fourth-order valence-corrected chi connectivity index (χ4v) is 3.67. The van der Waals surface area contributed by atoms with Crippen molar-refractivity contribution in [1.29, 1.82) is 0 Å². The molecule has 5 nitrogen and oxygen atoms in total. The van der Waals surface area contributed by atoms with Gasteiger partial charge in [-0.25, -0.2) is 0 Å². The van der Waals surface area contributed by atoms with Gasteiger partial charge in [0.05, 0.1) is 6.42 Å². The molecule has 0 spiro atoms. The molecule has 1 aliphatic rings. The molecule has 0 heterocycles. The lowest BCUT2D eigenvalue weighted by Crippen LogP contribution is -2.34. The molecule has 0 radical (unpaired) electrons. The number of carbonyl (C=O) groups is 2. The van der Waals surface area contributed by atoms with E-state index >= 15 is 0 Å². The molecule has 0 saturated heterocycles. The van der Waals surface area contributed by atoms with Crippen molar-refractivity contribution in [3.05, 3.63) is 95.6 Å². The van der Waals surface area contributed by atoms with Gasteiger partial charge in [0, 0.05) is 23.1 Å². The molecular weight excluding hydrogens is 410 g/mol. The van der Waals surface area contributed by atoms with Gasteiger partial charge in [-0.3, -0.25) is 9.59 Å². The lowest BCUT2D eigenvalue weighted by Gasteiger charge is -2.16. The third-order valence-electron chi connectivity index (χ3n) is 5.65. The highest BCUT2D eigenvalue weighted by Gasteiger charge is 2.27. The van der Waals surface area contributed by atoms with Crippen molar-refractivity contribution >= 4 is 23.1 Å². The topological polar surface area (TPSA) is 70.9 Å². The van der Waals surface area contributed by atoms with Crippen LogP contribution in [-0.2, 0) is 16.1 Å². The summed E-state index contributed by atoms with van der Waals surface area (Å²) < 4.78 is 0. The van der Waals surface area contributed by atoms with Crippen molar-refractivity contribution in [2.75, 3.05) is 0 Å². The maximum Gasteiger partial charge on any atom is 0.268 e. The minimum absolute atomic E-state index is 0.0662. The third-order valence-corrected chi connectivity index (χ3v) is 5.65. The first-order chi connectivity index (χ1) is 15.8.